The van der Waals surface area contributed by atoms with Crippen molar-refractivity contribution in [2.45, 2.75) is 38.8 Å². The van der Waals surface area contributed by atoms with Crippen molar-refractivity contribution >= 4 is 23.2 Å². The summed E-state index contributed by atoms with van der Waals surface area (Å²) in [5.74, 6) is -0.0523. The van der Waals surface area contributed by atoms with E-state index in [1.54, 1.807) is 26.8 Å². The maximum atomic E-state index is 12.3. The summed E-state index contributed by atoms with van der Waals surface area (Å²) in [6.45, 7) is 5.26. The molecule has 0 unspecified atom stereocenters. The number of alkyl carbamates (subject to hydrolysis) is 1. The zero-order chi connectivity index (χ0) is 25.0. The molecule has 1 heterocycles. The molecular weight excluding hydrogens is 444 g/mol. The monoisotopic (exact) mass is 472 g/mol. The number of carbonyl (C=O) groups excluding carboxylic acids is 2. The van der Waals surface area contributed by atoms with Gasteiger partial charge in [0.05, 0.1) is 7.11 Å². The first-order valence-corrected chi connectivity index (χ1v) is 11.3. The van der Waals surface area contributed by atoms with Crippen LogP contribution in [0.3, 0.4) is 0 Å². The third-order valence-corrected chi connectivity index (χ3v) is 5.31. The highest BCUT2D eigenvalue weighted by Gasteiger charge is 2.25. The Balaban J connectivity index is 1.52. The second kappa shape index (κ2) is 10.0. The third kappa shape index (κ3) is 6.06. The standard InChI is InChI=1S/C28H28N2O5/c1-28(2,3)35-27(32)30-23(26(31)33-4)17-18-10-15-24-22(16-18)29-25(34-24)21-13-11-20(12-14-21)19-8-6-5-7-9-19/h5-16,23H,17H2,1-4H3,(H,30,32)/t23-/m0/s1. The predicted octanol–water partition coefficient (Wildman–Crippen LogP) is 5.77. The van der Waals surface area contributed by atoms with Crippen molar-refractivity contribution in [2.75, 3.05) is 7.11 Å². The van der Waals surface area contributed by atoms with Gasteiger partial charge in [-0.15, -0.1) is 0 Å². The zero-order valence-electron chi connectivity index (χ0n) is 20.2. The number of amides is 1. The van der Waals surface area contributed by atoms with E-state index in [0.29, 0.717) is 17.0 Å². The van der Waals surface area contributed by atoms with Gasteiger partial charge in [-0.25, -0.2) is 14.6 Å². The molecule has 0 bridgehead atoms. The van der Waals surface area contributed by atoms with Crippen LogP contribution in [0.25, 0.3) is 33.7 Å². The molecule has 4 aromatic rings. The molecule has 4 rings (SSSR count). The van der Waals surface area contributed by atoms with E-state index in [1.807, 2.05) is 54.6 Å². The second-order valence-electron chi connectivity index (χ2n) is 9.19. The minimum Gasteiger partial charge on any atom is -0.467 e. The van der Waals surface area contributed by atoms with Crippen LogP contribution < -0.4 is 5.32 Å². The van der Waals surface area contributed by atoms with E-state index in [2.05, 4.69) is 22.4 Å². The number of oxazole rings is 1. The van der Waals surface area contributed by atoms with E-state index >= 15 is 0 Å². The third-order valence-electron chi connectivity index (χ3n) is 5.31. The molecule has 1 aromatic heterocycles. The summed E-state index contributed by atoms with van der Waals surface area (Å²) < 4.78 is 16.1. The van der Waals surface area contributed by atoms with Crippen molar-refractivity contribution < 1.29 is 23.5 Å². The summed E-state index contributed by atoms with van der Waals surface area (Å²) >= 11 is 0. The molecule has 0 aliphatic rings. The number of fused-ring (bicyclic) bond motifs is 1. The van der Waals surface area contributed by atoms with Gasteiger partial charge in [0.25, 0.3) is 0 Å². The summed E-state index contributed by atoms with van der Waals surface area (Å²) in [4.78, 5) is 29.1. The molecule has 1 N–H and O–H groups in total. The number of benzene rings is 3. The maximum Gasteiger partial charge on any atom is 0.408 e. The lowest BCUT2D eigenvalue weighted by atomic mass is 10.0. The van der Waals surface area contributed by atoms with E-state index in [-0.39, 0.29) is 6.42 Å². The highest BCUT2D eigenvalue weighted by atomic mass is 16.6. The summed E-state index contributed by atoms with van der Waals surface area (Å²) in [7, 11) is 1.28. The summed E-state index contributed by atoms with van der Waals surface area (Å²) in [6.07, 6.45) is -0.466. The Bertz CT molecular complexity index is 1320. The van der Waals surface area contributed by atoms with Crippen LogP contribution in [0.4, 0.5) is 4.79 Å². The second-order valence-corrected chi connectivity index (χ2v) is 9.19. The van der Waals surface area contributed by atoms with Crippen LogP contribution in [0.2, 0.25) is 0 Å². The minimum absolute atomic E-state index is 0.218. The Hall–Kier alpha value is -4.13. The van der Waals surface area contributed by atoms with Gasteiger partial charge in [0.1, 0.15) is 17.2 Å². The number of hydrogen-bond donors (Lipinski definition) is 1. The molecule has 0 saturated heterocycles. The van der Waals surface area contributed by atoms with Gasteiger partial charge in [0.2, 0.25) is 5.89 Å². The van der Waals surface area contributed by atoms with Crippen LogP contribution in [-0.2, 0) is 20.7 Å². The fourth-order valence-electron chi connectivity index (χ4n) is 3.68. The molecule has 0 spiro atoms. The Morgan fingerprint density at radius 3 is 2.26 bits per heavy atom. The molecule has 0 fully saturated rings. The normalized spacial score (nSPS) is 12.2. The maximum absolute atomic E-state index is 12.3. The Kier molecular flexibility index (Phi) is 6.87. The van der Waals surface area contributed by atoms with Crippen LogP contribution in [0.5, 0.6) is 0 Å². The lowest BCUT2D eigenvalue weighted by Gasteiger charge is -2.22. The first-order chi connectivity index (χ1) is 16.7. The number of ether oxygens (including phenoxy) is 2. The fraction of sp³-hybridized carbons (Fsp3) is 0.250. The smallest absolute Gasteiger partial charge is 0.408 e. The predicted molar refractivity (Wildman–Crippen MR) is 134 cm³/mol. The lowest BCUT2D eigenvalue weighted by molar-refractivity contribution is -0.143. The number of nitrogens with zero attached hydrogens (tertiary/aromatic N) is 1. The van der Waals surface area contributed by atoms with Crippen LogP contribution in [0.15, 0.2) is 77.2 Å². The van der Waals surface area contributed by atoms with Crippen LogP contribution in [-0.4, -0.2) is 35.8 Å². The molecule has 0 saturated carbocycles. The van der Waals surface area contributed by atoms with Gasteiger partial charge in [-0.3, -0.25) is 0 Å². The zero-order valence-corrected chi connectivity index (χ0v) is 20.2. The van der Waals surface area contributed by atoms with Crippen LogP contribution >= 0.6 is 0 Å². The molecule has 0 radical (unpaired) electrons. The van der Waals surface area contributed by atoms with Crippen molar-refractivity contribution in [1.29, 1.82) is 0 Å². The summed E-state index contributed by atoms with van der Waals surface area (Å²) in [5.41, 5.74) is 4.52. The first-order valence-electron chi connectivity index (χ1n) is 11.3. The summed E-state index contributed by atoms with van der Waals surface area (Å²) in [6, 6.07) is 22.8. The molecule has 7 nitrogen and oxygen atoms in total. The Morgan fingerprint density at radius 2 is 1.60 bits per heavy atom. The number of nitrogens with one attached hydrogen (secondary N) is 1. The van der Waals surface area contributed by atoms with Gasteiger partial charge < -0.3 is 19.2 Å². The van der Waals surface area contributed by atoms with Gasteiger partial charge in [0, 0.05) is 12.0 Å². The first kappa shape index (κ1) is 24.0. The van der Waals surface area contributed by atoms with E-state index < -0.39 is 23.7 Å². The fourth-order valence-corrected chi connectivity index (χ4v) is 3.68. The molecule has 1 amide bonds. The molecule has 7 heteroatoms. The highest BCUT2D eigenvalue weighted by molar-refractivity contribution is 5.82. The van der Waals surface area contributed by atoms with Crippen molar-refractivity contribution in [3.05, 3.63) is 78.4 Å². The Morgan fingerprint density at radius 1 is 0.943 bits per heavy atom. The molecule has 180 valence electrons. The molecular formula is C28H28N2O5. The van der Waals surface area contributed by atoms with Crippen LogP contribution in [0.1, 0.15) is 26.3 Å². The van der Waals surface area contributed by atoms with E-state index in [0.717, 1.165) is 22.3 Å². The van der Waals surface area contributed by atoms with Crippen molar-refractivity contribution in [1.82, 2.24) is 10.3 Å². The van der Waals surface area contributed by atoms with Crippen molar-refractivity contribution in [3.8, 4) is 22.6 Å². The molecule has 3 aromatic carbocycles. The van der Waals surface area contributed by atoms with E-state index in [9.17, 15) is 9.59 Å². The van der Waals surface area contributed by atoms with Gasteiger partial charge in [-0.2, -0.15) is 0 Å². The van der Waals surface area contributed by atoms with Crippen molar-refractivity contribution in [3.63, 3.8) is 0 Å². The van der Waals surface area contributed by atoms with Gasteiger partial charge >= 0.3 is 12.1 Å². The van der Waals surface area contributed by atoms with Crippen molar-refractivity contribution in [2.24, 2.45) is 0 Å². The van der Waals surface area contributed by atoms with Gasteiger partial charge in [-0.05, 0) is 61.7 Å². The lowest BCUT2D eigenvalue weighted by Crippen LogP contribution is -2.45. The number of rotatable bonds is 6. The quantitative estimate of drug-likeness (QED) is 0.358. The number of esters is 1. The number of carbonyl (C=O) groups is 2. The van der Waals surface area contributed by atoms with Crippen LogP contribution in [0, 0.1) is 0 Å². The summed E-state index contributed by atoms with van der Waals surface area (Å²) in [5, 5.41) is 2.59. The highest BCUT2D eigenvalue weighted by Crippen LogP contribution is 2.28. The molecule has 35 heavy (non-hydrogen) atoms. The van der Waals surface area contributed by atoms with E-state index in [1.165, 1.54) is 7.11 Å². The average Bonchev–Trinajstić information content (AvgIpc) is 3.26. The number of hydrogen-bond acceptors (Lipinski definition) is 6. The number of aromatic nitrogens is 1. The minimum atomic E-state index is -0.899. The molecule has 0 aliphatic carbocycles. The Labute approximate surface area is 204 Å². The van der Waals surface area contributed by atoms with Gasteiger partial charge in [0.15, 0.2) is 5.58 Å². The molecule has 0 aliphatic heterocycles. The van der Waals surface area contributed by atoms with Gasteiger partial charge in [-0.1, -0.05) is 48.5 Å². The largest absolute Gasteiger partial charge is 0.467 e. The van der Waals surface area contributed by atoms with E-state index in [4.69, 9.17) is 13.9 Å². The SMILES string of the molecule is COC(=O)[C@H](Cc1ccc2oc(-c3ccc(-c4ccccc4)cc3)nc2c1)NC(=O)OC(C)(C)C. The average molecular weight is 473 g/mol. The number of methoxy groups -OCH3 is 1. The topological polar surface area (TPSA) is 90.7 Å². The molecule has 1 atom stereocenters.